The first-order valence-electron chi connectivity index (χ1n) is 5.28. The molecule has 1 heterocycles. The van der Waals surface area contributed by atoms with Crippen LogP contribution in [0.5, 0.6) is 0 Å². The molecule has 6 heteroatoms. The van der Waals surface area contributed by atoms with Crippen LogP contribution in [0.25, 0.3) is 0 Å². The van der Waals surface area contributed by atoms with Crippen molar-refractivity contribution in [3.63, 3.8) is 0 Å². The van der Waals surface area contributed by atoms with E-state index in [1.807, 2.05) is 0 Å². The molecular weight excluding hydrogens is 212 g/mol. The molecule has 1 aliphatic heterocycles. The van der Waals surface area contributed by atoms with Crippen LogP contribution in [0.3, 0.4) is 0 Å². The molecule has 1 fully saturated rings. The topological polar surface area (TPSA) is 98.5 Å². The number of amides is 1. The fourth-order valence-corrected chi connectivity index (χ4v) is 1.54. The third-order valence-electron chi connectivity index (χ3n) is 2.46. The first-order chi connectivity index (χ1) is 7.50. The van der Waals surface area contributed by atoms with E-state index in [9.17, 15) is 14.4 Å². The zero-order valence-corrected chi connectivity index (χ0v) is 9.19. The average Bonchev–Trinajstić information content (AvgIpc) is 2.68. The number of ether oxygens (including phenoxy) is 1. The standard InChI is InChI=1S/C10H16N2O4/c1-6(5-8(11)13)9(14)16-10(15)7-3-2-4-12-7/h6-7,12H,2-5H2,1H3,(H2,11,13)/t6?,7-/m0/s1. The molecule has 0 aromatic rings. The van der Waals surface area contributed by atoms with Gasteiger partial charge in [-0.3, -0.25) is 9.59 Å². The van der Waals surface area contributed by atoms with Gasteiger partial charge in [0.25, 0.3) is 0 Å². The third kappa shape index (κ3) is 3.62. The second kappa shape index (κ2) is 5.60. The minimum atomic E-state index is -0.697. The molecule has 0 saturated carbocycles. The van der Waals surface area contributed by atoms with Crippen LogP contribution in [0.1, 0.15) is 26.2 Å². The van der Waals surface area contributed by atoms with Crippen LogP contribution in [0.2, 0.25) is 0 Å². The van der Waals surface area contributed by atoms with Gasteiger partial charge in [-0.05, 0) is 19.4 Å². The van der Waals surface area contributed by atoms with Crippen LogP contribution < -0.4 is 11.1 Å². The Kier molecular flexibility index (Phi) is 4.42. The Hall–Kier alpha value is -1.43. The van der Waals surface area contributed by atoms with Crippen LogP contribution in [0.15, 0.2) is 0 Å². The van der Waals surface area contributed by atoms with Gasteiger partial charge in [0, 0.05) is 6.42 Å². The normalized spacial score (nSPS) is 21.4. The Morgan fingerprint density at radius 2 is 2.19 bits per heavy atom. The summed E-state index contributed by atoms with van der Waals surface area (Å²) in [7, 11) is 0. The van der Waals surface area contributed by atoms with Gasteiger partial charge >= 0.3 is 11.9 Å². The van der Waals surface area contributed by atoms with E-state index in [1.54, 1.807) is 0 Å². The van der Waals surface area contributed by atoms with E-state index in [-0.39, 0.29) is 6.42 Å². The largest absolute Gasteiger partial charge is 0.392 e. The molecule has 6 nitrogen and oxygen atoms in total. The summed E-state index contributed by atoms with van der Waals surface area (Å²) < 4.78 is 4.65. The molecule has 0 aromatic heterocycles. The van der Waals surface area contributed by atoms with Crippen molar-refractivity contribution < 1.29 is 19.1 Å². The van der Waals surface area contributed by atoms with Crippen molar-refractivity contribution in [1.82, 2.24) is 5.32 Å². The molecule has 0 spiro atoms. The molecule has 90 valence electrons. The smallest absolute Gasteiger partial charge is 0.330 e. The van der Waals surface area contributed by atoms with Gasteiger partial charge in [-0.15, -0.1) is 0 Å². The number of rotatable bonds is 4. The quantitative estimate of drug-likeness (QED) is 0.490. The zero-order valence-electron chi connectivity index (χ0n) is 9.19. The molecule has 0 aliphatic carbocycles. The molecule has 0 radical (unpaired) electrons. The summed E-state index contributed by atoms with van der Waals surface area (Å²) in [5, 5.41) is 2.92. The third-order valence-corrected chi connectivity index (χ3v) is 2.46. The number of hydrogen-bond acceptors (Lipinski definition) is 5. The van der Waals surface area contributed by atoms with Crippen LogP contribution in [0.4, 0.5) is 0 Å². The van der Waals surface area contributed by atoms with Gasteiger partial charge in [0.05, 0.1) is 5.92 Å². The van der Waals surface area contributed by atoms with E-state index in [0.29, 0.717) is 6.42 Å². The van der Waals surface area contributed by atoms with Gasteiger partial charge in [0.1, 0.15) is 6.04 Å². The minimum absolute atomic E-state index is 0.107. The summed E-state index contributed by atoms with van der Waals surface area (Å²) in [4.78, 5) is 33.4. The van der Waals surface area contributed by atoms with Gasteiger partial charge < -0.3 is 15.8 Å². The lowest BCUT2D eigenvalue weighted by Crippen LogP contribution is -2.35. The molecule has 3 N–H and O–H groups in total. The lowest BCUT2D eigenvalue weighted by atomic mass is 10.1. The summed E-state index contributed by atoms with van der Waals surface area (Å²) in [5.74, 6) is -2.53. The van der Waals surface area contributed by atoms with Gasteiger partial charge in [-0.2, -0.15) is 0 Å². The molecule has 1 aliphatic rings. The second-order valence-corrected chi connectivity index (χ2v) is 3.96. The number of nitrogens with two attached hydrogens (primary N) is 1. The predicted octanol–water partition coefficient (Wildman–Crippen LogP) is -0.680. The Labute approximate surface area is 93.5 Å². The summed E-state index contributed by atoms with van der Waals surface area (Å²) in [6.07, 6.45) is 1.46. The molecular formula is C10H16N2O4. The average molecular weight is 228 g/mol. The summed E-state index contributed by atoms with van der Waals surface area (Å²) in [6.45, 7) is 2.26. The van der Waals surface area contributed by atoms with E-state index < -0.39 is 29.8 Å². The highest BCUT2D eigenvalue weighted by Crippen LogP contribution is 2.09. The zero-order chi connectivity index (χ0) is 12.1. The van der Waals surface area contributed by atoms with Crippen LogP contribution in [-0.2, 0) is 19.1 Å². The van der Waals surface area contributed by atoms with Crippen LogP contribution >= 0.6 is 0 Å². The van der Waals surface area contributed by atoms with E-state index in [2.05, 4.69) is 10.1 Å². The van der Waals surface area contributed by atoms with Crippen LogP contribution in [-0.4, -0.2) is 30.4 Å². The first kappa shape index (κ1) is 12.6. The number of carbonyl (C=O) groups excluding carboxylic acids is 3. The van der Waals surface area contributed by atoms with E-state index in [0.717, 1.165) is 13.0 Å². The fourth-order valence-electron chi connectivity index (χ4n) is 1.54. The highest BCUT2D eigenvalue weighted by molar-refractivity contribution is 5.91. The van der Waals surface area contributed by atoms with Crippen molar-refractivity contribution in [2.45, 2.75) is 32.2 Å². The SMILES string of the molecule is CC(CC(N)=O)C(=O)OC(=O)[C@@H]1CCCN1. The summed E-state index contributed by atoms with van der Waals surface area (Å²) >= 11 is 0. The second-order valence-electron chi connectivity index (χ2n) is 3.96. The van der Waals surface area contributed by atoms with Crippen molar-refractivity contribution in [1.29, 1.82) is 0 Å². The number of esters is 2. The van der Waals surface area contributed by atoms with Crippen molar-refractivity contribution in [2.24, 2.45) is 11.7 Å². The fraction of sp³-hybridized carbons (Fsp3) is 0.700. The minimum Gasteiger partial charge on any atom is -0.392 e. The first-order valence-corrected chi connectivity index (χ1v) is 5.28. The maximum absolute atomic E-state index is 11.4. The van der Waals surface area contributed by atoms with Gasteiger partial charge in [-0.1, -0.05) is 6.92 Å². The molecule has 1 rings (SSSR count). The molecule has 1 saturated heterocycles. The molecule has 2 atom stereocenters. The number of hydrogen-bond donors (Lipinski definition) is 2. The lowest BCUT2D eigenvalue weighted by Gasteiger charge is -2.11. The van der Waals surface area contributed by atoms with E-state index >= 15 is 0 Å². The van der Waals surface area contributed by atoms with Gasteiger partial charge in [-0.25, -0.2) is 4.79 Å². The van der Waals surface area contributed by atoms with Crippen LogP contribution in [0, 0.1) is 5.92 Å². The Morgan fingerprint density at radius 3 is 2.69 bits per heavy atom. The Morgan fingerprint density at radius 1 is 1.50 bits per heavy atom. The number of carbonyl (C=O) groups is 3. The van der Waals surface area contributed by atoms with Crippen molar-refractivity contribution >= 4 is 17.8 Å². The molecule has 1 unspecified atom stereocenters. The Balaban J connectivity index is 2.37. The molecule has 1 amide bonds. The Bertz CT molecular complexity index is 297. The highest BCUT2D eigenvalue weighted by Gasteiger charge is 2.27. The molecule has 16 heavy (non-hydrogen) atoms. The van der Waals surface area contributed by atoms with Crippen molar-refractivity contribution in [2.75, 3.05) is 6.54 Å². The predicted molar refractivity (Wildman–Crippen MR) is 55.1 cm³/mol. The maximum Gasteiger partial charge on any atom is 0.330 e. The monoisotopic (exact) mass is 228 g/mol. The highest BCUT2D eigenvalue weighted by atomic mass is 16.6. The van der Waals surface area contributed by atoms with Crippen molar-refractivity contribution in [3.05, 3.63) is 0 Å². The van der Waals surface area contributed by atoms with E-state index in [1.165, 1.54) is 6.92 Å². The molecule has 0 aromatic carbocycles. The number of nitrogens with one attached hydrogen (secondary N) is 1. The van der Waals surface area contributed by atoms with E-state index in [4.69, 9.17) is 5.73 Å². The maximum atomic E-state index is 11.4. The summed E-state index contributed by atoms with van der Waals surface area (Å²) in [5.41, 5.74) is 4.94. The van der Waals surface area contributed by atoms with Gasteiger partial charge in [0.15, 0.2) is 0 Å². The number of primary amides is 1. The lowest BCUT2D eigenvalue weighted by molar-refractivity contribution is -0.164. The molecule has 0 bridgehead atoms. The summed E-state index contributed by atoms with van der Waals surface area (Å²) in [6, 6.07) is -0.398. The van der Waals surface area contributed by atoms with Gasteiger partial charge in [0.2, 0.25) is 5.91 Å². The van der Waals surface area contributed by atoms with Crippen molar-refractivity contribution in [3.8, 4) is 0 Å².